The van der Waals surface area contributed by atoms with Crippen LogP contribution in [0, 0.1) is 11.3 Å². The SMILES string of the molecule is N#Cc1c(NCC(F)(F)F)nn(-c2ccccc2)c1N. The Balaban J connectivity index is 2.38. The Morgan fingerprint density at radius 2 is 1.95 bits per heavy atom. The number of benzene rings is 1. The fourth-order valence-electron chi connectivity index (χ4n) is 1.62. The van der Waals surface area contributed by atoms with E-state index in [9.17, 15) is 13.2 Å². The zero-order chi connectivity index (χ0) is 14.8. The van der Waals surface area contributed by atoms with Gasteiger partial charge in [-0.15, -0.1) is 5.10 Å². The van der Waals surface area contributed by atoms with Gasteiger partial charge in [0.2, 0.25) is 0 Å². The number of halogens is 3. The van der Waals surface area contributed by atoms with Gasteiger partial charge in [0.05, 0.1) is 5.69 Å². The first-order chi connectivity index (χ1) is 9.42. The average Bonchev–Trinajstić information content (AvgIpc) is 2.73. The highest BCUT2D eigenvalue weighted by Gasteiger charge is 2.28. The molecule has 20 heavy (non-hydrogen) atoms. The molecule has 0 unspecified atom stereocenters. The van der Waals surface area contributed by atoms with Crippen LogP contribution in [0.25, 0.3) is 5.69 Å². The number of para-hydroxylation sites is 1. The summed E-state index contributed by atoms with van der Waals surface area (Å²) in [5, 5.41) is 15.0. The lowest BCUT2D eigenvalue weighted by Gasteiger charge is -2.06. The molecule has 8 heteroatoms. The van der Waals surface area contributed by atoms with Crippen molar-refractivity contribution >= 4 is 11.6 Å². The van der Waals surface area contributed by atoms with Crippen LogP contribution < -0.4 is 11.1 Å². The summed E-state index contributed by atoms with van der Waals surface area (Å²) in [7, 11) is 0. The Kier molecular flexibility index (Phi) is 3.52. The first kappa shape index (κ1) is 13.7. The molecular weight excluding hydrogens is 271 g/mol. The number of nitrogens with zero attached hydrogens (tertiary/aromatic N) is 3. The van der Waals surface area contributed by atoms with Gasteiger partial charge in [0.15, 0.2) is 5.82 Å². The maximum Gasteiger partial charge on any atom is 0.405 e. The summed E-state index contributed by atoms with van der Waals surface area (Å²) in [6, 6.07) is 10.3. The van der Waals surface area contributed by atoms with E-state index >= 15 is 0 Å². The quantitative estimate of drug-likeness (QED) is 0.904. The molecule has 0 saturated carbocycles. The van der Waals surface area contributed by atoms with Crippen molar-refractivity contribution in [1.82, 2.24) is 9.78 Å². The molecule has 2 aromatic rings. The molecule has 0 saturated heterocycles. The van der Waals surface area contributed by atoms with E-state index in [0.717, 1.165) is 0 Å². The molecule has 0 fully saturated rings. The van der Waals surface area contributed by atoms with Gasteiger partial charge in [-0.1, -0.05) is 18.2 Å². The second-order valence-corrected chi connectivity index (χ2v) is 3.94. The summed E-state index contributed by atoms with van der Waals surface area (Å²) >= 11 is 0. The molecule has 104 valence electrons. The average molecular weight is 281 g/mol. The van der Waals surface area contributed by atoms with E-state index in [2.05, 4.69) is 10.4 Å². The summed E-state index contributed by atoms with van der Waals surface area (Å²) < 4.78 is 37.8. The van der Waals surface area contributed by atoms with Gasteiger partial charge >= 0.3 is 6.18 Å². The number of nitrogens with one attached hydrogen (secondary N) is 1. The van der Waals surface area contributed by atoms with E-state index in [1.165, 1.54) is 4.68 Å². The second-order valence-electron chi connectivity index (χ2n) is 3.94. The number of nitrogens with two attached hydrogens (primary N) is 1. The van der Waals surface area contributed by atoms with Crippen LogP contribution in [0.3, 0.4) is 0 Å². The summed E-state index contributed by atoms with van der Waals surface area (Å²) in [6.45, 7) is -1.28. The van der Waals surface area contributed by atoms with Crippen molar-refractivity contribution < 1.29 is 13.2 Å². The smallest absolute Gasteiger partial charge is 0.382 e. The fraction of sp³-hybridized carbons (Fsp3) is 0.167. The van der Waals surface area contributed by atoms with E-state index in [1.807, 2.05) is 0 Å². The van der Waals surface area contributed by atoms with Crippen LogP contribution >= 0.6 is 0 Å². The fourth-order valence-corrected chi connectivity index (χ4v) is 1.62. The van der Waals surface area contributed by atoms with Gasteiger partial charge in [-0.2, -0.15) is 18.4 Å². The Bertz CT molecular complexity index is 640. The first-order valence-electron chi connectivity index (χ1n) is 5.57. The molecule has 0 aliphatic rings. The normalized spacial score (nSPS) is 11.1. The Morgan fingerprint density at radius 3 is 2.50 bits per heavy atom. The van der Waals surface area contributed by atoms with Crippen molar-refractivity contribution in [2.24, 2.45) is 0 Å². The van der Waals surface area contributed by atoms with Gasteiger partial charge in [0.25, 0.3) is 0 Å². The third-order valence-corrected chi connectivity index (χ3v) is 2.49. The molecule has 0 aliphatic carbocycles. The van der Waals surface area contributed by atoms with Crippen LogP contribution in [0.1, 0.15) is 5.56 Å². The molecule has 3 N–H and O–H groups in total. The molecule has 2 rings (SSSR count). The number of alkyl halides is 3. The van der Waals surface area contributed by atoms with Crippen molar-refractivity contribution in [1.29, 1.82) is 5.26 Å². The predicted octanol–water partition coefficient (Wildman–Crippen LogP) is 2.30. The maximum atomic E-state index is 12.2. The second kappa shape index (κ2) is 5.13. The Morgan fingerprint density at radius 1 is 1.30 bits per heavy atom. The summed E-state index contributed by atoms with van der Waals surface area (Å²) in [6.07, 6.45) is -4.40. The summed E-state index contributed by atoms with van der Waals surface area (Å²) in [5.74, 6) is -0.199. The van der Waals surface area contributed by atoms with E-state index in [1.54, 1.807) is 36.4 Å². The zero-order valence-electron chi connectivity index (χ0n) is 10.1. The van der Waals surface area contributed by atoms with Crippen LogP contribution in [-0.2, 0) is 0 Å². The van der Waals surface area contributed by atoms with Crippen molar-refractivity contribution in [3.05, 3.63) is 35.9 Å². The predicted molar refractivity (Wildman–Crippen MR) is 67.2 cm³/mol. The number of hydrogen-bond donors (Lipinski definition) is 2. The topological polar surface area (TPSA) is 79.7 Å². The molecule has 0 radical (unpaired) electrons. The van der Waals surface area contributed by atoms with E-state index in [0.29, 0.717) is 5.69 Å². The number of nitriles is 1. The monoisotopic (exact) mass is 281 g/mol. The number of rotatable bonds is 3. The van der Waals surface area contributed by atoms with Gasteiger partial charge in [-0.25, -0.2) is 4.68 Å². The lowest BCUT2D eigenvalue weighted by atomic mass is 10.3. The molecule has 1 heterocycles. The maximum absolute atomic E-state index is 12.2. The lowest BCUT2D eigenvalue weighted by molar-refractivity contribution is -0.115. The number of anilines is 2. The largest absolute Gasteiger partial charge is 0.405 e. The van der Waals surface area contributed by atoms with E-state index in [-0.39, 0.29) is 17.2 Å². The third-order valence-electron chi connectivity index (χ3n) is 2.49. The van der Waals surface area contributed by atoms with Crippen LogP contribution in [0.4, 0.5) is 24.8 Å². The molecule has 0 bridgehead atoms. The molecule has 0 spiro atoms. The zero-order valence-corrected chi connectivity index (χ0v) is 10.1. The molecule has 0 atom stereocenters. The van der Waals surface area contributed by atoms with E-state index < -0.39 is 12.7 Å². The van der Waals surface area contributed by atoms with Crippen molar-refractivity contribution in [2.75, 3.05) is 17.6 Å². The lowest BCUT2D eigenvalue weighted by Crippen LogP contribution is -2.21. The van der Waals surface area contributed by atoms with Crippen LogP contribution in [-0.4, -0.2) is 22.5 Å². The summed E-state index contributed by atoms with van der Waals surface area (Å²) in [4.78, 5) is 0. The highest BCUT2D eigenvalue weighted by molar-refractivity contribution is 5.66. The Labute approximate surface area is 112 Å². The number of nitrogen functional groups attached to an aromatic ring is 1. The van der Waals surface area contributed by atoms with Gasteiger partial charge in [-0.3, -0.25) is 0 Å². The van der Waals surface area contributed by atoms with Gasteiger partial charge in [-0.05, 0) is 12.1 Å². The number of hydrogen-bond acceptors (Lipinski definition) is 4. The number of aromatic nitrogens is 2. The molecular formula is C12H10F3N5. The molecule has 5 nitrogen and oxygen atoms in total. The first-order valence-corrected chi connectivity index (χ1v) is 5.57. The Hall–Kier alpha value is -2.69. The van der Waals surface area contributed by atoms with Crippen LogP contribution in [0.15, 0.2) is 30.3 Å². The van der Waals surface area contributed by atoms with Gasteiger partial charge in [0, 0.05) is 0 Å². The minimum absolute atomic E-state index is 0.0108. The van der Waals surface area contributed by atoms with E-state index in [4.69, 9.17) is 11.0 Å². The van der Waals surface area contributed by atoms with Crippen LogP contribution in [0.5, 0.6) is 0 Å². The minimum atomic E-state index is -4.40. The van der Waals surface area contributed by atoms with Gasteiger partial charge < -0.3 is 11.1 Å². The third kappa shape index (κ3) is 2.83. The minimum Gasteiger partial charge on any atom is -0.382 e. The summed E-state index contributed by atoms with van der Waals surface area (Å²) in [5.41, 5.74) is 6.19. The standard InChI is InChI=1S/C12H10F3N5/c13-12(14,15)7-18-11-9(6-16)10(17)20(19-11)8-4-2-1-3-5-8/h1-5H,7,17H2,(H,18,19). The van der Waals surface area contributed by atoms with Crippen molar-refractivity contribution in [3.63, 3.8) is 0 Å². The highest BCUT2D eigenvalue weighted by Crippen LogP contribution is 2.25. The van der Waals surface area contributed by atoms with Gasteiger partial charge in [0.1, 0.15) is 24.0 Å². The molecule has 0 amide bonds. The molecule has 1 aromatic carbocycles. The van der Waals surface area contributed by atoms with Crippen LogP contribution in [0.2, 0.25) is 0 Å². The van der Waals surface area contributed by atoms with Crippen molar-refractivity contribution in [2.45, 2.75) is 6.18 Å². The van der Waals surface area contributed by atoms with Crippen molar-refractivity contribution in [3.8, 4) is 11.8 Å². The highest BCUT2D eigenvalue weighted by atomic mass is 19.4. The molecule has 0 aliphatic heterocycles. The molecule has 1 aromatic heterocycles.